The van der Waals surface area contributed by atoms with Gasteiger partial charge in [-0.25, -0.2) is 8.42 Å². The Morgan fingerprint density at radius 1 is 1.00 bits per heavy atom. The van der Waals surface area contributed by atoms with Crippen molar-refractivity contribution in [2.75, 3.05) is 0 Å². The SMILES string of the molecule is O=C(OC(C(F)(F)F)C(F)(F)S(=O)(=O)[SiH3])C12CC3CC(CC(C3)C1)C2. The molecule has 4 rings (SSSR count). The summed E-state index contributed by atoms with van der Waals surface area (Å²) in [5.41, 5.74) is -1.18. The predicted molar refractivity (Wildman–Crippen MR) is 80.3 cm³/mol. The van der Waals surface area contributed by atoms with Gasteiger partial charge >= 0.3 is 17.4 Å². The maximum atomic E-state index is 13.9. The average Bonchev–Trinajstić information content (AvgIpc) is 2.40. The van der Waals surface area contributed by atoms with Crippen LogP contribution in [0.2, 0.25) is 0 Å². The Bertz CT molecular complexity index is 640. The van der Waals surface area contributed by atoms with Crippen molar-refractivity contribution in [2.45, 2.75) is 56.1 Å². The van der Waals surface area contributed by atoms with Crippen LogP contribution in [0.3, 0.4) is 0 Å². The van der Waals surface area contributed by atoms with E-state index in [-0.39, 0.29) is 17.8 Å². The number of ether oxygens (including phenoxy) is 1. The van der Waals surface area contributed by atoms with Crippen molar-refractivity contribution >= 4 is 24.6 Å². The van der Waals surface area contributed by atoms with Gasteiger partial charge < -0.3 is 4.74 Å². The summed E-state index contributed by atoms with van der Waals surface area (Å²) in [5, 5.41) is -5.17. The Kier molecular flexibility index (Phi) is 4.30. The molecule has 4 aliphatic rings. The summed E-state index contributed by atoms with van der Waals surface area (Å²) in [6, 6.07) is 0. The van der Waals surface area contributed by atoms with Gasteiger partial charge in [-0.2, -0.15) is 22.0 Å². The van der Waals surface area contributed by atoms with E-state index in [0.29, 0.717) is 19.3 Å². The van der Waals surface area contributed by atoms with Crippen molar-refractivity contribution in [3.8, 4) is 0 Å². The Labute approximate surface area is 144 Å². The maximum absolute atomic E-state index is 13.9. The minimum absolute atomic E-state index is 0.200. The molecule has 4 aliphatic carbocycles. The Morgan fingerprint density at radius 2 is 1.40 bits per heavy atom. The zero-order valence-electron chi connectivity index (χ0n) is 13.5. The number of carbonyl (C=O) groups excluding carboxylic acids is 1. The van der Waals surface area contributed by atoms with E-state index in [0.717, 1.165) is 19.3 Å². The van der Waals surface area contributed by atoms with E-state index in [2.05, 4.69) is 4.74 Å². The van der Waals surface area contributed by atoms with Crippen LogP contribution in [0, 0.1) is 23.2 Å². The molecule has 25 heavy (non-hydrogen) atoms. The van der Waals surface area contributed by atoms with E-state index in [1.807, 2.05) is 0 Å². The second-order valence-electron chi connectivity index (χ2n) is 7.86. The highest BCUT2D eigenvalue weighted by Gasteiger charge is 2.66. The van der Waals surface area contributed by atoms with Crippen molar-refractivity contribution in [3.63, 3.8) is 0 Å². The summed E-state index contributed by atoms with van der Waals surface area (Å²) < 4.78 is 93.6. The molecular weight excluding hydrogens is 387 g/mol. The molecular formula is C14H19F5O4SSi. The molecule has 4 nitrogen and oxygen atoms in total. The number of hydrogen-bond acceptors (Lipinski definition) is 4. The number of esters is 1. The third kappa shape index (κ3) is 3.22. The van der Waals surface area contributed by atoms with Gasteiger partial charge in [-0.3, -0.25) is 4.79 Å². The molecule has 0 spiro atoms. The lowest BCUT2D eigenvalue weighted by Crippen LogP contribution is -2.56. The van der Waals surface area contributed by atoms with Crippen LogP contribution in [0.1, 0.15) is 38.5 Å². The molecule has 0 aromatic rings. The number of carbonyl (C=O) groups is 1. The maximum Gasteiger partial charge on any atom is 0.432 e. The third-order valence-electron chi connectivity index (χ3n) is 5.79. The summed E-state index contributed by atoms with van der Waals surface area (Å²) in [7, 11) is -6.46. The standard InChI is InChI=1S/C14H19F5O4SSi/c15-13(16,17)10(14(18,19)24(21,22)25)23-11(20)12-4-7-1-8(5-12)3-9(2-7)6-12/h7-10H,1-6H2,25H3. The number of alkyl halides is 5. The van der Waals surface area contributed by atoms with Crippen LogP contribution in [-0.2, 0) is 18.8 Å². The average molecular weight is 406 g/mol. The smallest absolute Gasteiger partial charge is 0.432 e. The van der Waals surface area contributed by atoms with Crippen molar-refractivity contribution in [1.29, 1.82) is 0 Å². The molecule has 1 atom stereocenters. The first-order valence-corrected chi connectivity index (χ1v) is 12.4. The molecule has 144 valence electrons. The van der Waals surface area contributed by atoms with Crippen LogP contribution < -0.4 is 0 Å². The summed E-state index contributed by atoms with van der Waals surface area (Å²) in [4.78, 5) is 12.5. The Hall–Kier alpha value is -0.713. The van der Waals surface area contributed by atoms with Gasteiger partial charge in [0.2, 0.25) is 0 Å². The van der Waals surface area contributed by atoms with E-state index in [4.69, 9.17) is 0 Å². The monoisotopic (exact) mass is 406 g/mol. The zero-order valence-corrected chi connectivity index (χ0v) is 16.3. The normalized spacial score (nSPS) is 36.4. The first kappa shape index (κ1) is 19.1. The molecule has 4 fully saturated rings. The summed E-state index contributed by atoms with van der Waals surface area (Å²) in [6.45, 7) is 0. The summed E-state index contributed by atoms with van der Waals surface area (Å²) in [5.74, 6) is -0.721. The number of hydrogen-bond donors (Lipinski definition) is 0. The molecule has 11 heteroatoms. The molecule has 1 unspecified atom stereocenters. The zero-order chi connectivity index (χ0) is 18.8. The first-order valence-electron chi connectivity index (χ1n) is 8.10. The van der Waals surface area contributed by atoms with Crippen molar-refractivity contribution in [1.82, 2.24) is 0 Å². The molecule has 4 saturated carbocycles. The molecule has 0 aromatic carbocycles. The van der Waals surface area contributed by atoms with Crippen molar-refractivity contribution in [3.05, 3.63) is 0 Å². The lowest BCUT2D eigenvalue weighted by molar-refractivity contribution is -0.265. The molecule has 0 N–H and O–H groups in total. The molecule has 0 aromatic heterocycles. The highest BCUT2D eigenvalue weighted by atomic mass is 32.4. The second-order valence-corrected chi connectivity index (χ2v) is 13.2. The van der Waals surface area contributed by atoms with Gasteiger partial charge in [0.05, 0.1) is 5.41 Å². The van der Waals surface area contributed by atoms with Crippen LogP contribution in [0.5, 0.6) is 0 Å². The minimum Gasteiger partial charge on any atom is -0.444 e. The minimum atomic E-state index is -5.67. The van der Waals surface area contributed by atoms with Crippen LogP contribution in [0.15, 0.2) is 0 Å². The van der Waals surface area contributed by atoms with Crippen molar-refractivity contribution in [2.24, 2.45) is 23.2 Å². The lowest BCUT2D eigenvalue weighted by Gasteiger charge is -2.55. The van der Waals surface area contributed by atoms with Gasteiger partial charge in [-0.15, -0.1) is 0 Å². The number of rotatable bonds is 4. The quantitative estimate of drug-likeness (QED) is 0.407. The van der Waals surface area contributed by atoms with Crippen LogP contribution in [0.25, 0.3) is 0 Å². The van der Waals surface area contributed by atoms with Gasteiger partial charge in [0, 0.05) is 0 Å². The summed E-state index contributed by atoms with van der Waals surface area (Å²) >= 11 is 0. The Morgan fingerprint density at radius 3 is 1.72 bits per heavy atom. The van der Waals surface area contributed by atoms with E-state index in [9.17, 15) is 35.2 Å². The molecule has 0 heterocycles. The third-order valence-corrected chi connectivity index (χ3v) is 8.63. The van der Waals surface area contributed by atoms with Crippen molar-refractivity contribution < 1.29 is 39.9 Å². The predicted octanol–water partition coefficient (Wildman–Crippen LogP) is 1.96. The van der Waals surface area contributed by atoms with E-state index in [1.165, 1.54) is 0 Å². The van der Waals surface area contributed by atoms with Gasteiger partial charge in [0.15, 0.2) is 18.7 Å². The molecule has 0 aliphatic heterocycles. The number of halogens is 5. The van der Waals surface area contributed by atoms with Gasteiger partial charge in [-0.1, -0.05) is 0 Å². The topological polar surface area (TPSA) is 60.4 Å². The van der Waals surface area contributed by atoms with E-state index in [1.54, 1.807) is 0 Å². The fourth-order valence-corrected chi connectivity index (χ4v) is 6.33. The second kappa shape index (κ2) is 5.64. The fraction of sp³-hybridized carbons (Fsp3) is 0.929. The molecule has 0 saturated heterocycles. The van der Waals surface area contributed by atoms with Gasteiger partial charge in [-0.05, 0) is 56.3 Å². The van der Waals surface area contributed by atoms with Gasteiger partial charge in [0.1, 0.15) is 0 Å². The fourth-order valence-electron chi connectivity index (χ4n) is 5.11. The van der Waals surface area contributed by atoms with Gasteiger partial charge in [0.25, 0.3) is 6.10 Å². The van der Waals surface area contributed by atoms with Crippen LogP contribution in [-0.4, -0.2) is 41.3 Å². The van der Waals surface area contributed by atoms with E-state index < -0.39 is 47.6 Å². The molecule has 0 amide bonds. The molecule has 4 bridgehead atoms. The van der Waals surface area contributed by atoms with Crippen LogP contribution >= 0.6 is 0 Å². The lowest BCUT2D eigenvalue weighted by atomic mass is 9.49. The Balaban J connectivity index is 1.87. The highest BCUT2D eigenvalue weighted by Crippen LogP contribution is 2.60. The first-order chi connectivity index (χ1) is 11.2. The van der Waals surface area contributed by atoms with Crippen LogP contribution in [0.4, 0.5) is 22.0 Å². The largest absolute Gasteiger partial charge is 0.444 e. The summed E-state index contributed by atoms with van der Waals surface area (Å²) in [6.07, 6.45) is -5.91. The highest BCUT2D eigenvalue weighted by molar-refractivity contribution is 8.13. The molecule has 0 radical (unpaired) electrons. The van der Waals surface area contributed by atoms with E-state index >= 15 is 0 Å².